The number of carbonyl (C=O) groups is 2. The summed E-state index contributed by atoms with van der Waals surface area (Å²) >= 11 is 0. The van der Waals surface area contributed by atoms with E-state index in [-0.39, 0.29) is 19.0 Å². The van der Waals surface area contributed by atoms with Gasteiger partial charge in [0.15, 0.2) is 5.78 Å². The zero-order valence-corrected chi connectivity index (χ0v) is 12.9. The van der Waals surface area contributed by atoms with Crippen molar-refractivity contribution in [1.29, 1.82) is 0 Å². The Hall–Kier alpha value is -0.940. The van der Waals surface area contributed by atoms with Crippen molar-refractivity contribution in [3.05, 3.63) is 0 Å². The maximum atomic E-state index is 10.6. The zero-order valence-electron chi connectivity index (χ0n) is 12.9. The van der Waals surface area contributed by atoms with Gasteiger partial charge in [-0.15, -0.1) is 0 Å². The molecule has 0 saturated carbocycles. The molecule has 0 radical (unpaired) electrons. The highest BCUT2D eigenvalue weighted by molar-refractivity contribution is 5.82. The minimum atomic E-state index is -1.79. The zero-order chi connectivity index (χ0) is 18.1. The molecule has 0 rings (SSSR count). The van der Waals surface area contributed by atoms with Crippen LogP contribution in [0.4, 0.5) is 0 Å². The molecule has 0 aliphatic rings. The second-order valence-electron chi connectivity index (χ2n) is 5.22. The third-order valence-electron chi connectivity index (χ3n) is 3.22. The molecule has 7 N–H and O–H groups in total. The van der Waals surface area contributed by atoms with Crippen LogP contribution in [0, 0.1) is 5.41 Å². The number of aliphatic hydroxyl groups excluding tert-OH is 7. The summed E-state index contributed by atoms with van der Waals surface area (Å²) in [6.07, 6.45) is -6.87. The van der Waals surface area contributed by atoms with Gasteiger partial charge in [0.05, 0.1) is 25.2 Å². The Labute approximate surface area is 128 Å². The van der Waals surface area contributed by atoms with Gasteiger partial charge in [-0.05, 0) is 20.8 Å². The predicted molar refractivity (Wildman–Crippen MR) is 74.8 cm³/mol. The fourth-order valence-corrected chi connectivity index (χ4v) is 1.04. The van der Waals surface area contributed by atoms with E-state index in [1.165, 1.54) is 13.8 Å². The number of rotatable bonds is 8. The molecule has 0 aliphatic carbocycles. The highest BCUT2D eigenvalue weighted by Crippen LogP contribution is 2.14. The Morgan fingerprint density at radius 3 is 1.50 bits per heavy atom. The first kappa shape index (κ1) is 23.3. The molecule has 132 valence electrons. The number of Topliss-reactive ketones (excluding diaryl/α,β-unsaturated/α-hetero) is 2. The second kappa shape index (κ2) is 10.7. The second-order valence-corrected chi connectivity index (χ2v) is 5.22. The molecule has 22 heavy (non-hydrogen) atoms. The standard InChI is InChI=1S/C7H14O6.C6H12O3/c1-3(9)5(11)7(13)6(12)4(10)2-8;1-5(9)6(2,3-7)4-8/h4-8,10-13H,2H2,1H3;7-8H,3-4H2,1-2H3/t4-,5+,6-,7-;/m1./s1. The molecule has 9 heteroatoms. The Bertz CT molecular complexity index is 340. The quantitative estimate of drug-likeness (QED) is 0.239. The van der Waals surface area contributed by atoms with E-state index in [0.29, 0.717) is 0 Å². The van der Waals surface area contributed by atoms with E-state index in [2.05, 4.69) is 0 Å². The van der Waals surface area contributed by atoms with E-state index >= 15 is 0 Å². The average Bonchev–Trinajstić information content (AvgIpc) is 2.51. The topological polar surface area (TPSA) is 176 Å². The van der Waals surface area contributed by atoms with E-state index in [4.69, 9.17) is 35.7 Å². The van der Waals surface area contributed by atoms with Gasteiger partial charge in [0.2, 0.25) is 0 Å². The SMILES string of the molecule is CC(=O)C(C)(CO)CO.CC(=O)[C@H](O)[C@@H](O)[C@H](O)[C@H](O)CO. The molecular weight excluding hydrogens is 300 g/mol. The fraction of sp³-hybridized carbons (Fsp3) is 0.846. The fourth-order valence-electron chi connectivity index (χ4n) is 1.04. The van der Waals surface area contributed by atoms with Gasteiger partial charge >= 0.3 is 0 Å². The Morgan fingerprint density at radius 1 is 0.909 bits per heavy atom. The van der Waals surface area contributed by atoms with E-state index in [1.54, 1.807) is 0 Å². The average molecular weight is 326 g/mol. The van der Waals surface area contributed by atoms with Crippen molar-refractivity contribution in [3.63, 3.8) is 0 Å². The Balaban J connectivity index is 0. The van der Waals surface area contributed by atoms with E-state index in [9.17, 15) is 9.59 Å². The van der Waals surface area contributed by atoms with Gasteiger partial charge in [0.25, 0.3) is 0 Å². The molecule has 0 unspecified atom stereocenters. The molecule has 0 aliphatic heterocycles. The van der Waals surface area contributed by atoms with Crippen molar-refractivity contribution in [2.45, 2.75) is 45.2 Å². The smallest absolute Gasteiger partial charge is 0.160 e. The molecule has 0 aromatic carbocycles. The van der Waals surface area contributed by atoms with Crippen LogP contribution in [0.25, 0.3) is 0 Å². The molecule has 0 saturated heterocycles. The van der Waals surface area contributed by atoms with Gasteiger partial charge in [-0.25, -0.2) is 0 Å². The molecule has 4 atom stereocenters. The van der Waals surface area contributed by atoms with Crippen LogP contribution in [-0.2, 0) is 9.59 Å². The van der Waals surface area contributed by atoms with Gasteiger partial charge in [-0.1, -0.05) is 0 Å². The first-order valence-corrected chi connectivity index (χ1v) is 6.54. The third kappa shape index (κ3) is 7.36. The van der Waals surface area contributed by atoms with E-state index in [0.717, 1.165) is 6.92 Å². The van der Waals surface area contributed by atoms with Gasteiger partial charge in [0.1, 0.15) is 30.2 Å². The summed E-state index contributed by atoms with van der Waals surface area (Å²) in [5, 5.41) is 61.4. The highest BCUT2D eigenvalue weighted by Gasteiger charge is 2.32. The molecule has 0 aromatic heterocycles. The lowest BCUT2D eigenvalue weighted by Crippen LogP contribution is -2.48. The molecule has 9 nitrogen and oxygen atoms in total. The van der Waals surface area contributed by atoms with Gasteiger partial charge < -0.3 is 35.7 Å². The van der Waals surface area contributed by atoms with Crippen molar-refractivity contribution >= 4 is 11.6 Å². The number of carbonyl (C=O) groups excluding carboxylic acids is 2. The van der Waals surface area contributed by atoms with Crippen molar-refractivity contribution in [2.24, 2.45) is 5.41 Å². The number of hydrogen-bond donors (Lipinski definition) is 7. The van der Waals surface area contributed by atoms with Crippen LogP contribution >= 0.6 is 0 Å². The third-order valence-corrected chi connectivity index (χ3v) is 3.22. The minimum absolute atomic E-state index is 0.187. The maximum Gasteiger partial charge on any atom is 0.160 e. The Kier molecular flexibility index (Phi) is 11.4. The largest absolute Gasteiger partial charge is 0.395 e. The predicted octanol–water partition coefficient (Wildman–Crippen LogP) is -3.42. The van der Waals surface area contributed by atoms with Crippen molar-refractivity contribution in [2.75, 3.05) is 19.8 Å². The molecule has 0 aromatic rings. The maximum absolute atomic E-state index is 10.6. The summed E-state index contributed by atoms with van der Waals surface area (Å²) in [6, 6.07) is 0. The van der Waals surface area contributed by atoms with Gasteiger partial charge in [-0.2, -0.15) is 0 Å². The number of aliphatic hydroxyl groups is 7. The molecular formula is C13H26O9. The molecule has 0 bridgehead atoms. The molecule has 0 heterocycles. The van der Waals surface area contributed by atoms with Crippen molar-refractivity contribution in [3.8, 4) is 0 Å². The summed E-state index contributed by atoms with van der Waals surface area (Å²) < 4.78 is 0. The summed E-state index contributed by atoms with van der Waals surface area (Å²) in [7, 11) is 0. The number of hydrogen-bond acceptors (Lipinski definition) is 9. The monoisotopic (exact) mass is 326 g/mol. The lowest BCUT2D eigenvalue weighted by atomic mass is 9.89. The molecule has 0 amide bonds. The van der Waals surface area contributed by atoms with Crippen LogP contribution in [0.15, 0.2) is 0 Å². The van der Waals surface area contributed by atoms with Crippen LogP contribution < -0.4 is 0 Å². The summed E-state index contributed by atoms with van der Waals surface area (Å²) in [5.41, 5.74) is -0.944. The van der Waals surface area contributed by atoms with Crippen molar-refractivity contribution in [1.82, 2.24) is 0 Å². The lowest BCUT2D eigenvalue weighted by Gasteiger charge is -2.23. The summed E-state index contributed by atoms with van der Waals surface area (Å²) in [5.74, 6) is -0.913. The van der Waals surface area contributed by atoms with Gasteiger partial charge in [-0.3, -0.25) is 9.59 Å². The Morgan fingerprint density at radius 2 is 1.32 bits per heavy atom. The number of ketones is 2. The van der Waals surface area contributed by atoms with E-state index in [1.807, 2.05) is 0 Å². The van der Waals surface area contributed by atoms with Crippen molar-refractivity contribution < 1.29 is 45.3 Å². The minimum Gasteiger partial charge on any atom is -0.395 e. The highest BCUT2D eigenvalue weighted by atomic mass is 16.4. The normalized spacial score (nSPS) is 16.8. The van der Waals surface area contributed by atoms with Gasteiger partial charge in [0, 0.05) is 0 Å². The first-order valence-electron chi connectivity index (χ1n) is 6.54. The lowest BCUT2D eigenvalue weighted by molar-refractivity contribution is -0.145. The first-order chi connectivity index (χ1) is 9.98. The van der Waals surface area contributed by atoms with Crippen LogP contribution in [0.5, 0.6) is 0 Å². The summed E-state index contributed by atoms with van der Waals surface area (Å²) in [6.45, 7) is 2.56. The molecule has 0 spiro atoms. The van der Waals surface area contributed by atoms with Crippen LogP contribution in [-0.4, -0.2) is 91.5 Å². The summed E-state index contributed by atoms with van der Waals surface area (Å²) in [4.78, 5) is 21.1. The van der Waals surface area contributed by atoms with E-state index < -0.39 is 42.2 Å². The van der Waals surface area contributed by atoms with Crippen LogP contribution in [0.3, 0.4) is 0 Å². The van der Waals surface area contributed by atoms with Crippen LogP contribution in [0.1, 0.15) is 20.8 Å². The van der Waals surface area contributed by atoms with Crippen LogP contribution in [0.2, 0.25) is 0 Å². The molecule has 0 fully saturated rings.